The molecule has 0 saturated heterocycles. The molecule has 0 rings (SSSR count). The van der Waals surface area contributed by atoms with E-state index in [4.69, 9.17) is 10.2 Å². The van der Waals surface area contributed by atoms with E-state index in [0.717, 1.165) is 0 Å². The van der Waals surface area contributed by atoms with Gasteiger partial charge in [-0.2, -0.15) is 0 Å². The highest BCUT2D eigenvalue weighted by atomic mass is 16.5. The Balaban J connectivity index is 4.36. The van der Waals surface area contributed by atoms with E-state index in [0.29, 0.717) is 6.42 Å². The minimum Gasteiger partial charge on any atom is -0.468 e. The zero-order chi connectivity index (χ0) is 11.2. The highest BCUT2D eigenvalue weighted by Crippen LogP contribution is 2.09. The van der Waals surface area contributed by atoms with Gasteiger partial charge < -0.3 is 14.9 Å². The SMILES string of the molecule is CCC(CO)(CO)NC(C)C(=O)OC. The van der Waals surface area contributed by atoms with Gasteiger partial charge >= 0.3 is 5.97 Å². The predicted molar refractivity (Wildman–Crippen MR) is 51.8 cm³/mol. The standard InChI is InChI=1S/C9H19NO4/c1-4-9(5-11,6-12)10-7(2)8(13)14-3/h7,10-12H,4-6H2,1-3H3. The zero-order valence-corrected chi connectivity index (χ0v) is 8.91. The van der Waals surface area contributed by atoms with Gasteiger partial charge in [0, 0.05) is 0 Å². The maximum atomic E-state index is 11.1. The molecule has 84 valence electrons. The number of ether oxygens (including phenoxy) is 1. The topological polar surface area (TPSA) is 78.8 Å². The number of aliphatic hydroxyl groups is 2. The molecule has 0 saturated carbocycles. The summed E-state index contributed by atoms with van der Waals surface area (Å²) in [4.78, 5) is 11.1. The fraction of sp³-hybridized carbons (Fsp3) is 0.889. The van der Waals surface area contributed by atoms with Crippen LogP contribution in [0, 0.1) is 0 Å². The normalized spacial score (nSPS) is 13.8. The molecule has 0 aliphatic carbocycles. The number of hydrogen-bond donors (Lipinski definition) is 3. The van der Waals surface area contributed by atoms with Crippen molar-refractivity contribution in [3.8, 4) is 0 Å². The quantitative estimate of drug-likeness (QED) is 0.498. The third-order valence-electron chi connectivity index (χ3n) is 2.36. The van der Waals surface area contributed by atoms with Crippen LogP contribution in [-0.4, -0.2) is 48.1 Å². The van der Waals surface area contributed by atoms with Crippen LogP contribution in [0.15, 0.2) is 0 Å². The average Bonchev–Trinajstić information content (AvgIpc) is 2.24. The van der Waals surface area contributed by atoms with Gasteiger partial charge in [0.1, 0.15) is 6.04 Å². The molecule has 0 radical (unpaired) electrons. The van der Waals surface area contributed by atoms with Crippen LogP contribution in [0.5, 0.6) is 0 Å². The molecular weight excluding hydrogens is 186 g/mol. The summed E-state index contributed by atoms with van der Waals surface area (Å²) in [6.07, 6.45) is 0.529. The Morgan fingerprint density at radius 1 is 1.50 bits per heavy atom. The summed E-state index contributed by atoms with van der Waals surface area (Å²) in [5.41, 5.74) is -0.812. The molecule has 0 aliphatic heterocycles. The Hall–Kier alpha value is -0.650. The van der Waals surface area contributed by atoms with Crippen LogP contribution in [0.25, 0.3) is 0 Å². The van der Waals surface area contributed by atoms with Gasteiger partial charge in [-0.15, -0.1) is 0 Å². The smallest absolute Gasteiger partial charge is 0.322 e. The Labute approximate surface area is 84.1 Å². The maximum Gasteiger partial charge on any atom is 0.322 e. The van der Waals surface area contributed by atoms with Gasteiger partial charge in [-0.05, 0) is 13.3 Å². The summed E-state index contributed by atoms with van der Waals surface area (Å²) in [7, 11) is 1.30. The highest BCUT2D eigenvalue weighted by Gasteiger charge is 2.30. The van der Waals surface area contributed by atoms with Crippen molar-refractivity contribution in [1.82, 2.24) is 5.32 Å². The predicted octanol–water partition coefficient (Wildman–Crippen LogP) is -0.729. The zero-order valence-electron chi connectivity index (χ0n) is 8.91. The van der Waals surface area contributed by atoms with E-state index in [2.05, 4.69) is 10.1 Å². The number of methoxy groups -OCH3 is 1. The van der Waals surface area contributed by atoms with Gasteiger partial charge in [-0.1, -0.05) is 6.92 Å². The molecule has 0 spiro atoms. The lowest BCUT2D eigenvalue weighted by atomic mass is 9.97. The average molecular weight is 205 g/mol. The Kier molecular flexibility index (Phi) is 5.68. The van der Waals surface area contributed by atoms with Gasteiger partial charge in [0.05, 0.1) is 25.9 Å². The van der Waals surface area contributed by atoms with Gasteiger partial charge in [-0.25, -0.2) is 0 Å². The Morgan fingerprint density at radius 3 is 2.29 bits per heavy atom. The first-order chi connectivity index (χ1) is 6.55. The summed E-state index contributed by atoms with van der Waals surface area (Å²) >= 11 is 0. The molecule has 5 nitrogen and oxygen atoms in total. The van der Waals surface area contributed by atoms with E-state index in [-0.39, 0.29) is 13.2 Å². The number of carbonyl (C=O) groups excluding carboxylic acids is 1. The number of hydrogen-bond acceptors (Lipinski definition) is 5. The molecule has 14 heavy (non-hydrogen) atoms. The third-order valence-corrected chi connectivity index (χ3v) is 2.36. The van der Waals surface area contributed by atoms with Crippen LogP contribution < -0.4 is 5.32 Å². The fourth-order valence-electron chi connectivity index (χ4n) is 1.16. The molecule has 0 heterocycles. The number of rotatable bonds is 6. The first kappa shape index (κ1) is 13.4. The summed E-state index contributed by atoms with van der Waals surface area (Å²) in [5, 5.41) is 21.1. The van der Waals surface area contributed by atoms with Crippen LogP contribution in [0.2, 0.25) is 0 Å². The van der Waals surface area contributed by atoms with E-state index in [1.54, 1.807) is 6.92 Å². The summed E-state index contributed by atoms with van der Waals surface area (Å²) in [5.74, 6) is -0.412. The van der Waals surface area contributed by atoms with Crippen LogP contribution in [0.4, 0.5) is 0 Å². The van der Waals surface area contributed by atoms with Gasteiger partial charge in [0.2, 0.25) is 0 Å². The Morgan fingerprint density at radius 2 is 2.00 bits per heavy atom. The monoisotopic (exact) mass is 205 g/mol. The molecule has 1 unspecified atom stereocenters. The second-order valence-electron chi connectivity index (χ2n) is 3.34. The molecule has 0 fully saturated rings. The number of aliphatic hydroxyl groups excluding tert-OH is 2. The van der Waals surface area contributed by atoms with Crippen molar-refractivity contribution in [2.45, 2.75) is 31.8 Å². The van der Waals surface area contributed by atoms with E-state index in [9.17, 15) is 4.79 Å². The molecular formula is C9H19NO4. The first-order valence-corrected chi connectivity index (χ1v) is 4.62. The van der Waals surface area contributed by atoms with Crippen molar-refractivity contribution >= 4 is 5.97 Å². The molecule has 3 N–H and O–H groups in total. The van der Waals surface area contributed by atoms with Crippen LogP contribution in [0.3, 0.4) is 0 Å². The van der Waals surface area contributed by atoms with Crippen molar-refractivity contribution in [3.63, 3.8) is 0 Å². The molecule has 0 aromatic heterocycles. The highest BCUT2D eigenvalue weighted by molar-refractivity contribution is 5.75. The van der Waals surface area contributed by atoms with E-state index < -0.39 is 17.6 Å². The van der Waals surface area contributed by atoms with Crippen molar-refractivity contribution in [2.24, 2.45) is 0 Å². The molecule has 0 aromatic carbocycles. The number of esters is 1. The fourth-order valence-corrected chi connectivity index (χ4v) is 1.16. The van der Waals surface area contributed by atoms with E-state index in [1.807, 2.05) is 6.92 Å². The van der Waals surface area contributed by atoms with Crippen LogP contribution in [-0.2, 0) is 9.53 Å². The molecule has 0 aromatic rings. The Bertz CT molecular complexity index is 171. The number of nitrogens with one attached hydrogen (secondary N) is 1. The van der Waals surface area contributed by atoms with Gasteiger partial charge in [0.15, 0.2) is 0 Å². The summed E-state index contributed by atoms with van der Waals surface area (Å²) < 4.78 is 4.53. The lowest BCUT2D eigenvalue weighted by Crippen LogP contribution is -2.56. The second-order valence-corrected chi connectivity index (χ2v) is 3.34. The van der Waals surface area contributed by atoms with Crippen molar-refractivity contribution in [3.05, 3.63) is 0 Å². The van der Waals surface area contributed by atoms with E-state index >= 15 is 0 Å². The molecule has 0 amide bonds. The van der Waals surface area contributed by atoms with Crippen molar-refractivity contribution < 1.29 is 19.7 Å². The minimum atomic E-state index is -0.812. The molecule has 0 bridgehead atoms. The lowest BCUT2D eigenvalue weighted by Gasteiger charge is -2.32. The molecule has 5 heteroatoms. The van der Waals surface area contributed by atoms with Crippen molar-refractivity contribution in [1.29, 1.82) is 0 Å². The van der Waals surface area contributed by atoms with Gasteiger partial charge in [-0.3, -0.25) is 10.1 Å². The lowest BCUT2D eigenvalue weighted by molar-refractivity contribution is -0.143. The van der Waals surface area contributed by atoms with Crippen LogP contribution >= 0.6 is 0 Å². The maximum absolute atomic E-state index is 11.1. The van der Waals surface area contributed by atoms with Gasteiger partial charge in [0.25, 0.3) is 0 Å². The van der Waals surface area contributed by atoms with Crippen LogP contribution in [0.1, 0.15) is 20.3 Å². The molecule has 0 aliphatic rings. The largest absolute Gasteiger partial charge is 0.468 e. The van der Waals surface area contributed by atoms with E-state index in [1.165, 1.54) is 7.11 Å². The molecule has 1 atom stereocenters. The number of carbonyl (C=O) groups is 1. The van der Waals surface area contributed by atoms with Crippen molar-refractivity contribution in [2.75, 3.05) is 20.3 Å². The summed E-state index contributed by atoms with van der Waals surface area (Å²) in [6.45, 7) is 3.01. The first-order valence-electron chi connectivity index (χ1n) is 4.62. The second kappa shape index (κ2) is 5.95. The summed E-state index contributed by atoms with van der Waals surface area (Å²) in [6, 6.07) is -0.542. The third kappa shape index (κ3) is 3.25. The minimum absolute atomic E-state index is 0.221.